The molecular weight excluding hydrogens is 376 g/mol. The minimum atomic E-state index is 0.282. The Labute approximate surface area is 160 Å². The predicted molar refractivity (Wildman–Crippen MR) is 109 cm³/mol. The smallest absolute Gasteiger partial charge is 0.188 e. The Morgan fingerprint density at radius 1 is 1.04 bits per heavy atom. The average Bonchev–Trinajstić information content (AvgIpc) is 2.60. The van der Waals surface area contributed by atoms with E-state index in [1.807, 2.05) is 0 Å². The van der Waals surface area contributed by atoms with E-state index in [-0.39, 0.29) is 6.79 Å². The molecule has 0 heterocycles. The van der Waals surface area contributed by atoms with Gasteiger partial charge in [0.15, 0.2) is 6.79 Å². The summed E-state index contributed by atoms with van der Waals surface area (Å²) in [6.07, 6.45) is 0.950. The number of ether oxygens (including phenoxy) is 2. The van der Waals surface area contributed by atoms with E-state index in [4.69, 9.17) is 9.47 Å². The molecule has 0 radical (unpaired) electrons. The van der Waals surface area contributed by atoms with Crippen molar-refractivity contribution in [3.05, 3.63) is 63.2 Å². The minimum Gasteiger partial charge on any atom is -0.467 e. The summed E-state index contributed by atoms with van der Waals surface area (Å²) in [5, 5.41) is 0.907. The quantitative estimate of drug-likeness (QED) is 0.403. The van der Waals surface area contributed by atoms with E-state index in [9.17, 15) is 0 Å². The molecule has 0 aromatic heterocycles. The second-order valence-corrected chi connectivity index (χ2v) is 7.53. The second-order valence-electron chi connectivity index (χ2n) is 6.97. The molecule has 0 N–H and O–H groups in total. The van der Waals surface area contributed by atoms with Crippen LogP contribution in [0.2, 0.25) is 0 Å². The fourth-order valence-corrected chi connectivity index (χ4v) is 3.83. The maximum atomic E-state index is 5.72. The van der Waals surface area contributed by atoms with E-state index in [2.05, 4.69) is 74.8 Å². The molecule has 0 atom stereocenters. The molecule has 0 bridgehead atoms. The number of benzene rings is 2. The van der Waals surface area contributed by atoms with Crippen LogP contribution in [0.15, 0.2) is 24.3 Å². The van der Waals surface area contributed by atoms with Gasteiger partial charge in [-0.25, -0.2) is 0 Å². The van der Waals surface area contributed by atoms with Crippen LogP contribution in [0, 0.1) is 20.8 Å². The molecule has 3 heteroatoms. The van der Waals surface area contributed by atoms with E-state index in [0.29, 0.717) is 5.92 Å². The van der Waals surface area contributed by atoms with Crippen LogP contribution >= 0.6 is 15.9 Å². The molecule has 0 saturated carbocycles. The van der Waals surface area contributed by atoms with Crippen LogP contribution in [0.25, 0.3) is 0 Å². The number of hydrogen-bond donors (Lipinski definition) is 0. The lowest BCUT2D eigenvalue weighted by atomic mass is 9.89. The molecule has 2 nitrogen and oxygen atoms in total. The molecule has 0 unspecified atom stereocenters. The molecule has 0 spiro atoms. The van der Waals surface area contributed by atoms with Crippen molar-refractivity contribution in [3.63, 3.8) is 0 Å². The van der Waals surface area contributed by atoms with Crippen molar-refractivity contribution in [2.75, 3.05) is 13.9 Å². The first-order valence-electron chi connectivity index (χ1n) is 8.78. The van der Waals surface area contributed by atoms with Crippen LogP contribution in [-0.2, 0) is 16.5 Å². The number of alkyl halides is 1. The Morgan fingerprint density at radius 2 is 1.76 bits per heavy atom. The summed E-state index contributed by atoms with van der Waals surface area (Å²) in [6.45, 7) is 11.4. The third-order valence-electron chi connectivity index (χ3n) is 4.92. The van der Waals surface area contributed by atoms with E-state index >= 15 is 0 Å². The SMILES string of the molecule is COCOc1ccc(Cc2c(C)cc(CBr)c(C)c2C)cc1C(C)C. The fourth-order valence-electron chi connectivity index (χ4n) is 3.25. The van der Waals surface area contributed by atoms with Gasteiger partial charge in [0.25, 0.3) is 0 Å². The van der Waals surface area contributed by atoms with Crippen LogP contribution in [-0.4, -0.2) is 13.9 Å². The van der Waals surface area contributed by atoms with Crippen LogP contribution in [0.5, 0.6) is 5.75 Å². The first-order valence-corrected chi connectivity index (χ1v) is 9.90. The lowest BCUT2D eigenvalue weighted by Gasteiger charge is -2.18. The summed E-state index contributed by atoms with van der Waals surface area (Å²) in [4.78, 5) is 0. The summed E-state index contributed by atoms with van der Waals surface area (Å²) in [6, 6.07) is 8.84. The summed E-state index contributed by atoms with van der Waals surface area (Å²) in [7, 11) is 1.65. The Bertz CT molecular complexity index is 735. The van der Waals surface area contributed by atoms with E-state index in [1.165, 1.54) is 38.9 Å². The average molecular weight is 405 g/mol. The zero-order valence-corrected chi connectivity index (χ0v) is 17.8. The summed E-state index contributed by atoms with van der Waals surface area (Å²) in [5.74, 6) is 1.33. The van der Waals surface area contributed by atoms with Crippen molar-refractivity contribution in [1.29, 1.82) is 0 Å². The fraction of sp³-hybridized carbons (Fsp3) is 0.455. The molecule has 0 aliphatic heterocycles. The minimum absolute atomic E-state index is 0.282. The van der Waals surface area contributed by atoms with Crippen LogP contribution in [0.1, 0.15) is 58.7 Å². The molecule has 2 aromatic rings. The molecule has 0 saturated heterocycles. The number of aryl methyl sites for hydroxylation is 1. The Balaban J connectivity index is 2.38. The highest BCUT2D eigenvalue weighted by atomic mass is 79.9. The molecule has 0 amide bonds. The van der Waals surface area contributed by atoms with Gasteiger partial charge in [-0.15, -0.1) is 0 Å². The van der Waals surface area contributed by atoms with Crippen molar-refractivity contribution in [2.45, 2.75) is 52.3 Å². The first kappa shape index (κ1) is 20.0. The van der Waals surface area contributed by atoms with Gasteiger partial charge in [0.05, 0.1) is 0 Å². The van der Waals surface area contributed by atoms with Gasteiger partial charge < -0.3 is 9.47 Å². The number of rotatable bonds is 7. The highest BCUT2D eigenvalue weighted by Gasteiger charge is 2.13. The largest absolute Gasteiger partial charge is 0.467 e. The third-order valence-corrected chi connectivity index (χ3v) is 5.52. The normalized spacial score (nSPS) is 11.2. The highest BCUT2D eigenvalue weighted by Crippen LogP contribution is 2.30. The molecule has 136 valence electrons. The van der Waals surface area contributed by atoms with Gasteiger partial charge in [-0.05, 0) is 78.1 Å². The Kier molecular flexibility index (Phi) is 7.09. The Hall–Kier alpha value is -1.32. The lowest BCUT2D eigenvalue weighted by Crippen LogP contribution is -2.05. The molecule has 2 aromatic carbocycles. The van der Waals surface area contributed by atoms with Crippen molar-refractivity contribution in [1.82, 2.24) is 0 Å². The second kappa shape index (κ2) is 8.86. The van der Waals surface area contributed by atoms with Gasteiger partial charge in [0, 0.05) is 12.4 Å². The van der Waals surface area contributed by atoms with E-state index in [0.717, 1.165) is 17.5 Å². The van der Waals surface area contributed by atoms with Crippen molar-refractivity contribution < 1.29 is 9.47 Å². The monoisotopic (exact) mass is 404 g/mol. The van der Waals surface area contributed by atoms with Gasteiger partial charge in [-0.1, -0.05) is 48.0 Å². The molecule has 0 aliphatic rings. The first-order chi connectivity index (χ1) is 11.9. The Morgan fingerprint density at radius 3 is 2.36 bits per heavy atom. The lowest BCUT2D eigenvalue weighted by molar-refractivity contribution is 0.0502. The zero-order chi connectivity index (χ0) is 18.6. The summed E-state index contributed by atoms with van der Waals surface area (Å²) >= 11 is 3.60. The van der Waals surface area contributed by atoms with Crippen LogP contribution < -0.4 is 4.74 Å². The van der Waals surface area contributed by atoms with Gasteiger partial charge in [-0.2, -0.15) is 0 Å². The predicted octanol–water partition coefficient (Wildman–Crippen LogP) is 6.20. The number of halogens is 1. The molecule has 0 fully saturated rings. The van der Waals surface area contributed by atoms with E-state index < -0.39 is 0 Å². The molecule has 0 aliphatic carbocycles. The summed E-state index contributed by atoms with van der Waals surface area (Å²) < 4.78 is 10.8. The van der Waals surface area contributed by atoms with Crippen molar-refractivity contribution in [3.8, 4) is 5.75 Å². The zero-order valence-electron chi connectivity index (χ0n) is 16.2. The molecular formula is C22H29BrO2. The highest BCUT2D eigenvalue weighted by molar-refractivity contribution is 9.08. The van der Waals surface area contributed by atoms with Crippen LogP contribution in [0.3, 0.4) is 0 Å². The standard InChI is InChI=1S/C22H29BrO2/c1-14(2)20-10-18(7-8-22(20)25-13-24-6)11-21-15(3)9-19(12-23)16(4)17(21)5/h7-10,14H,11-13H2,1-6H3. The van der Waals surface area contributed by atoms with Gasteiger partial charge in [0.2, 0.25) is 0 Å². The maximum Gasteiger partial charge on any atom is 0.188 e. The van der Waals surface area contributed by atoms with Gasteiger partial charge >= 0.3 is 0 Å². The number of methoxy groups -OCH3 is 1. The van der Waals surface area contributed by atoms with Crippen molar-refractivity contribution in [2.24, 2.45) is 0 Å². The molecule has 25 heavy (non-hydrogen) atoms. The topological polar surface area (TPSA) is 18.5 Å². The van der Waals surface area contributed by atoms with Crippen LogP contribution in [0.4, 0.5) is 0 Å². The van der Waals surface area contributed by atoms with E-state index in [1.54, 1.807) is 7.11 Å². The van der Waals surface area contributed by atoms with Gasteiger partial charge in [-0.3, -0.25) is 0 Å². The third kappa shape index (κ3) is 4.65. The molecule has 2 rings (SSSR count). The van der Waals surface area contributed by atoms with Crippen molar-refractivity contribution >= 4 is 15.9 Å². The summed E-state index contributed by atoms with van der Waals surface area (Å²) in [5.41, 5.74) is 9.53. The maximum absolute atomic E-state index is 5.72. The van der Waals surface area contributed by atoms with Gasteiger partial charge in [0.1, 0.15) is 5.75 Å². The number of hydrogen-bond acceptors (Lipinski definition) is 2.